The predicted octanol–water partition coefficient (Wildman–Crippen LogP) is 4.05. The highest BCUT2D eigenvalue weighted by Crippen LogP contribution is 2.29. The summed E-state index contributed by atoms with van der Waals surface area (Å²) in [5, 5.41) is 0. The molecule has 1 aromatic carbocycles. The first-order valence-corrected chi connectivity index (χ1v) is 7.93. The minimum Gasteiger partial charge on any atom is -0.326 e. The van der Waals surface area contributed by atoms with Gasteiger partial charge >= 0.3 is 0 Å². The van der Waals surface area contributed by atoms with Crippen molar-refractivity contribution in [2.24, 2.45) is 11.1 Å². The van der Waals surface area contributed by atoms with Crippen molar-refractivity contribution < 1.29 is 0 Å². The zero-order chi connectivity index (χ0) is 15.2. The molecule has 0 aliphatic rings. The number of nitrogens with zero attached hydrogens (tertiary/aromatic N) is 1. The van der Waals surface area contributed by atoms with Crippen LogP contribution in [0.15, 0.2) is 30.3 Å². The summed E-state index contributed by atoms with van der Waals surface area (Å²) in [6.45, 7) is 13.4. The maximum absolute atomic E-state index is 6.45. The summed E-state index contributed by atoms with van der Waals surface area (Å²) in [5.74, 6) is 0. The zero-order valence-corrected chi connectivity index (χ0v) is 13.9. The van der Waals surface area contributed by atoms with Gasteiger partial charge in [-0.2, -0.15) is 0 Å². The largest absolute Gasteiger partial charge is 0.326 e. The van der Waals surface area contributed by atoms with Crippen LogP contribution in [0.3, 0.4) is 0 Å². The number of rotatable bonds is 7. The lowest BCUT2D eigenvalue weighted by molar-refractivity contribution is 0.0694. The molecule has 2 unspecified atom stereocenters. The first-order chi connectivity index (χ1) is 9.40. The lowest BCUT2D eigenvalue weighted by atomic mass is 9.80. The van der Waals surface area contributed by atoms with Gasteiger partial charge in [0.15, 0.2) is 0 Å². The average molecular weight is 276 g/mol. The standard InChI is InChI=1S/C18H32N2/c1-6-13-20(14-15-11-9-8-10-12-15)17(16(19)7-2)18(3,4)5/h8-12,16-17H,6-7,13-14,19H2,1-5H3. The Morgan fingerprint density at radius 1 is 1.10 bits per heavy atom. The van der Waals surface area contributed by atoms with Gasteiger partial charge in [0.05, 0.1) is 0 Å². The van der Waals surface area contributed by atoms with E-state index in [2.05, 4.69) is 69.9 Å². The quantitative estimate of drug-likeness (QED) is 0.814. The lowest BCUT2D eigenvalue weighted by Gasteiger charge is -2.43. The third-order valence-corrected chi connectivity index (χ3v) is 3.90. The fourth-order valence-electron chi connectivity index (χ4n) is 3.11. The molecule has 0 heterocycles. The van der Waals surface area contributed by atoms with Crippen LogP contribution in [-0.4, -0.2) is 23.5 Å². The van der Waals surface area contributed by atoms with E-state index in [0.717, 1.165) is 25.9 Å². The Morgan fingerprint density at radius 2 is 1.70 bits per heavy atom. The highest BCUT2D eigenvalue weighted by molar-refractivity contribution is 5.15. The Bertz CT molecular complexity index is 367. The highest BCUT2D eigenvalue weighted by Gasteiger charge is 2.34. The summed E-state index contributed by atoms with van der Waals surface area (Å²) >= 11 is 0. The second kappa shape index (κ2) is 7.80. The number of benzene rings is 1. The molecule has 0 spiro atoms. The third-order valence-electron chi connectivity index (χ3n) is 3.90. The number of hydrogen-bond acceptors (Lipinski definition) is 2. The SMILES string of the molecule is CCCN(Cc1ccccc1)C(C(N)CC)C(C)(C)C. The summed E-state index contributed by atoms with van der Waals surface area (Å²) in [4.78, 5) is 2.57. The summed E-state index contributed by atoms with van der Waals surface area (Å²) in [6.07, 6.45) is 2.19. The van der Waals surface area contributed by atoms with Crippen molar-refractivity contribution in [2.45, 2.75) is 66.1 Å². The van der Waals surface area contributed by atoms with Crippen molar-refractivity contribution in [3.63, 3.8) is 0 Å². The van der Waals surface area contributed by atoms with Gasteiger partial charge < -0.3 is 5.73 Å². The molecular weight excluding hydrogens is 244 g/mol. The number of nitrogens with two attached hydrogens (primary N) is 1. The molecule has 114 valence electrons. The van der Waals surface area contributed by atoms with Crippen LogP contribution in [0.25, 0.3) is 0 Å². The van der Waals surface area contributed by atoms with Gasteiger partial charge in [-0.25, -0.2) is 0 Å². The average Bonchev–Trinajstić information content (AvgIpc) is 2.38. The molecule has 0 fully saturated rings. The molecule has 2 nitrogen and oxygen atoms in total. The van der Waals surface area contributed by atoms with Gasteiger partial charge in [-0.05, 0) is 30.4 Å². The number of hydrogen-bond donors (Lipinski definition) is 1. The Kier molecular flexibility index (Phi) is 6.70. The van der Waals surface area contributed by atoms with E-state index in [1.54, 1.807) is 0 Å². The molecule has 1 rings (SSSR count). The summed E-state index contributed by atoms with van der Waals surface area (Å²) in [5.41, 5.74) is 8.01. The van der Waals surface area contributed by atoms with E-state index in [9.17, 15) is 0 Å². The highest BCUT2D eigenvalue weighted by atomic mass is 15.2. The predicted molar refractivity (Wildman–Crippen MR) is 88.7 cm³/mol. The van der Waals surface area contributed by atoms with Crippen molar-refractivity contribution in [1.29, 1.82) is 0 Å². The molecule has 1 aromatic rings. The van der Waals surface area contributed by atoms with E-state index in [4.69, 9.17) is 5.73 Å². The minimum atomic E-state index is 0.194. The van der Waals surface area contributed by atoms with E-state index < -0.39 is 0 Å². The van der Waals surface area contributed by atoms with Crippen LogP contribution in [-0.2, 0) is 6.54 Å². The molecule has 0 bridgehead atoms. The van der Waals surface area contributed by atoms with Crippen molar-refractivity contribution in [3.05, 3.63) is 35.9 Å². The smallest absolute Gasteiger partial charge is 0.0299 e. The molecule has 0 saturated carbocycles. The summed E-state index contributed by atoms with van der Waals surface area (Å²) in [7, 11) is 0. The van der Waals surface area contributed by atoms with E-state index >= 15 is 0 Å². The van der Waals surface area contributed by atoms with Crippen LogP contribution in [0.2, 0.25) is 0 Å². The van der Waals surface area contributed by atoms with Gasteiger partial charge in [0.25, 0.3) is 0 Å². The maximum atomic E-state index is 6.45. The van der Waals surface area contributed by atoms with Gasteiger partial charge in [-0.1, -0.05) is 65.0 Å². The van der Waals surface area contributed by atoms with E-state index in [1.807, 2.05) is 0 Å². The maximum Gasteiger partial charge on any atom is 0.0299 e. The van der Waals surface area contributed by atoms with E-state index in [1.165, 1.54) is 5.56 Å². The van der Waals surface area contributed by atoms with Gasteiger partial charge in [0.1, 0.15) is 0 Å². The topological polar surface area (TPSA) is 29.3 Å². The van der Waals surface area contributed by atoms with Gasteiger partial charge in [-0.3, -0.25) is 4.90 Å². The van der Waals surface area contributed by atoms with Gasteiger partial charge in [0, 0.05) is 18.6 Å². The molecule has 0 aromatic heterocycles. The third kappa shape index (κ3) is 4.92. The van der Waals surface area contributed by atoms with Crippen molar-refractivity contribution in [2.75, 3.05) is 6.54 Å². The fourth-order valence-corrected chi connectivity index (χ4v) is 3.11. The normalized spacial score (nSPS) is 15.3. The van der Waals surface area contributed by atoms with Crippen molar-refractivity contribution >= 4 is 0 Å². The molecular formula is C18H32N2. The van der Waals surface area contributed by atoms with Gasteiger partial charge in [-0.15, -0.1) is 0 Å². The van der Waals surface area contributed by atoms with Crippen molar-refractivity contribution in [1.82, 2.24) is 4.90 Å². The molecule has 0 radical (unpaired) electrons. The van der Waals surface area contributed by atoms with Crippen LogP contribution in [0, 0.1) is 5.41 Å². The molecule has 0 aliphatic carbocycles. The monoisotopic (exact) mass is 276 g/mol. The molecule has 0 aliphatic heterocycles. The molecule has 2 N–H and O–H groups in total. The Balaban J connectivity index is 2.96. The minimum absolute atomic E-state index is 0.194. The first kappa shape index (κ1) is 17.2. The van der Waals surface area contributed by atoms with E-state index in [0.29, 0.717) is 6.04 Å². The Hall–Kier alpha value is -0.860. The van der Waals surface area contributed by atoms with Crippen LogP contribution in [0.1, 0.15) is 53.0 Å². The molecule has 2 heteroatoms. The first-order valence-electron chi connectivity index (χ1n) is 7.93. The lowest BCUT2D eigenvalue weighted by Crippen LogP contribution is -2.54. The second-order valence-electron chi connectivity index (χ2n) is 6.84. The summed E-state index contributed by atoms with van der Waals surface area (Å²) < 4.78 is 0. The molecule has 2 atom stereocenters. The fraction of sp³-hybridized carbons (Fsp3) is 0.667. The van der Waals surface area contributed by atoms with E-state index in [-0.39, 0.29) is 11.5 Å². The molecule has 0 saturated heterocycles. The molecule has 20 heavy (non-hydrogen) atoms. The second-order valence-corrected chi connectivity index (χ2v) is 6.84. The van der Waals surface area contributed by atoms with Crippen LogP contribution >= 0.6 is 0 Å². The van der Waals surface area contributed by atoms with Crippen LogP contribution in [0.4, 0.5) is 0 Å². The summed E-state index contributed by atoms with van der Waals surface area (Å²) in [6, 6.07) is 11.4. The Labute approximate surface area is 125 Å². The molecule has 0 amide bonds. The van der Waals surface area contributed by atoms with Crippen LogP contribution < -0.4 is 5.73 Å². The van der Waals surface area contributed by atoms with Crippen LogP contribution in [0.5, 0.6) is 0 Å². The van der Waals surface area contributed by atoms with Crippen molar-refractivity contribution in [3.8, 4) is 0 Å². The van der Waals surface area contributed by atoms with Gasteiger partial charge in [0.2, 0.25) is 0 Å². The Morgan fingerprint density at radius 3 is 2.15 bits per heavy atom. The zero-order valence-electron chi connectivity index (χ0n) is 13.9.